The molecule has 1 aromatic heterocycles. The monoisotopic (exact) mass is 401 g/mol. The minimum Gasteiger partial charge on any atom is -0.356 e. The van der Waals surface area contributed by atoms with Crippen molar-refractivity contribution in [2.75, 3.05) is 5.32 Å². The van der Waals surface area contributed by atoms with Gasteiger partial charge in [0, 0.05) is 24.9 Å². The summed E-state index contributed by atoms with van der Waals surface area (Å²) in [6, 6.07) is 14.0. The molecular formula is C20H17Cl2N3O2. The van der Waals surface area contributed by atoms with E-state index in [0.717, 1.165) is 11.4 Å². The van der Waals surface area contributed by atoms with E-state index >= 15 is 0 Å². The zero-order valence-electron chi connectivity index (χ0n) is 14.7. The Bertz CT molecular complexity index is 1080. The molecule has 7 heteroatoms. The fourth-order valence-electron chi connectivity index (χ4n) is 2.68. The zero-order chi connectivity index (χ0) is 19.6. The van der Waals surface area contributed by atoms with Crippen molar-refractivity contribution in [1.29, 1.82) is 0 Å². The van der Waals surface area contributed by atoms with E-state index < -0.39 is 0 Å². The number of carbonyl (C=O) groups is 1. The van der Waals surface area contributed by atoms with Crippen molar-refractivity contribution in [3.63, 3.8) is 0 Å². The van der Waals surface area contributed by atoms with Gasteiger partial charge in [-0.1, -0.05) is 41.4 Å². The predicted octanol–water partition coefficient (Wildman–Crippen LogP) is 4.60. The summed E-state index contributed by atoms with van der Waals surface area (Å²) in [5.74, 6) is -0.252. The molecule has 0 spiro atoms. The summed E-state index contributed by atoms with van der Waals surface area (Å²) >= 11 is 11.8. The molecular weight excluding hydrogens is 385 g/mol. The summed E-state index contributed by atoms with van der Waals surface area (Å²) < 4.78 is 3.32. The lowest BCUT2D eigenvalue weighted by molar-refractivity contribution is 0.104. The van der Waals surface area contributed by atoms with Gasteiger partial charge in [0.2, 0.25) is 0 Å². The highest BCUT2D eigenvalue weighted by atomic mass is 35.5. The van der Waals surface area contributed by atoms with Gasteiger partial charge in [-0.3, -0.25) is 14.3 Å². The Morgan fingerprint density at radius 1 is 1.07 bits per heavy atom. The number of para-hydroxylation sites is 1. The molecule has 5 nitrogen and oxygen atoms in total. The number of anilines is 1. The van der Waals surface area contributed by atoms with Crippen LogP contribution in [0.15, 0.2) is 65.6 Å². The number of hydrogen-bond acceptors (Lipinski definition) is 3. The second-order valence-corrected chi connectivity index (χ2v) is 6.72. The van der Waals surface area contributed by atoms with Crippen LogP contribution in [0, 0.1) is 6.92 Å². The first-order chi connectivity index (χ1) is 12.9. The lowest BCUT2D eigenvalue weighted by Gasteiger charge is -2.07. The Morgan fingerprint density at radius 2 is 1.78 bits per heavy atom. The van der Waals surface area contributed by atoms with Gasteiger partial charge in [0.25, 0.3) is 5.56 Å². The molecule has 0 atom stereocenters. The van der Waals surface area contributed by atoms with E-state index in [0.29, 0.717) is 21.3 Å². The van der Waals surface area contributed by atoms with E-state index in [1.807, 2.05) is 37.3 Å². The van der Waals surface area contributed by atoms with Gasteiger partial charge in [-0.05, 0) is 37.3 Å². The molecule has 0 amide bonds. The van der Waals surface area contributed by atoms with Gasteiger partial charge in [0.1, 0.15) is 5.69 Å². The highest BCUT2D eigenvalue weighted by molar-refractivity contribution is 6.42. The van der Waals surface area contributed by atoms with Crippen LogP contribution in [-0.4, -0.2) is 15.1 Å². The van der Waals surface area contributed by atoms with Crippen LogP contribution in [0.4, 0.5) is 5.69 Å². The summed E-state index contributed by atoms with van der Waals surface area (Å²) in [5, 5.41) is 3.62. The lowest BCUT2D eigenvalue weighted by Crippen LogP contribution is -2.20. The second-order valence-electron chi connectivity index (χ2n) is 5.91. The predicted molar refractivity (Wildman–Crippen MR) is 109 cm³/mol. The number of rotatable bonds is 5. The molecule has 27 heavy (non-hydrogen) atoms. The molecule has 0 saturated carbocycles. The van der Waals surface area contributed by atoms with Crippen molar-refractivity contribution >= 4 is 34.7 Å². The minimum atomic E-state index is -0.252. The molecule has 138 valence electrons. The third kappa shape index (κ3) is 3.84. The number of benzene rings is 2. The first-order valence-electron chi connectivity index (χ1n) is 8.16. The van der Waals surface area contributed by atoms with Crippen molar-refractivity contribution in [2.45, 2.75) is 6.92 Å². The minimum absolute atomic E-state index is 0.201. The third-order valence-corrected chi connectivity index (χ3v) is 4.96. The van der Waals surface area contributed by atoms with Crippen molar-refractivity contribution in [2.24, 2.45) is 7.05 Å². The number of carbonyl (C=O) groups excluding carboxylic acids is 1. The number of aromatic nitrogens is 2. The molecule has 0 unspecified atom stereocenters. The fraction of sp³-hybridized carbons (Fsp3) is 0.100. The molecule has 3 rings (SSSR count). The largest absolute Gasteiger partial charge is 0.356 e. The van der Waals surface area contributed by atoms with Crippen molar-refractivity contribution in [1.82, 2.24) is 9.36 Å². The number of ketones is 1. The topological polar surface area (TPSA) is 56.0 Å². The van der Waals surface area contributed by atoms with Gasteiger partial charge >= 0.3 is 0 Å². The Hall–Kier alpha value is -2.76. The number of nitrogens with zero attached hydrogens (tertiary/aromatic N) is 2. The van der Waals surface area contributed by atoms with Gasteiger partial charge in [-0.25, -0.2) is 4.68 Å². The molecule has 1 N–H and O–H groups in total. The Balaban J connectivity index is 1.84. The van der Waals surface area contributed by atoms with Crippen molar-refractivity contribution in [3.8, 4) is 5.69 Å². The first-order valence-corrected chi connectivity index (χ1v) is 8.92. The van der Waals surface area contributed by atoms with Gasteiger partial charge in [-0.15, -0.1) is 0 Å². The summed E-state index contributed by atoms with van der Waals surface area (Å²) in [7, 11) is 1.81. The summed E-state index contributed by atoms with van der Waals surface area (Å²) in [6.07, 6.45) is 2.79. The van der Waals surface area contributed by atoms with Crippen LogP contribution < -0.4 is 10.9 Å². The van der Waals surface area contributed by atoms with Gasteiger partial charge in [0.15, 0.2) is 5.78 Å². The molecule has 0 aliphatic carbocycles. The maximum Gasteiger partial charge on any atom is 0.295 e. The van der Waals surface area contributed by atoms with Crippen LogP contribution in [0.1, 0.15) is 16.1 Å². The molecule has 3 aromatic rings. The van der Waals surface area contributed by atoms with Crippen LogP contribution in [0.3, 0.4) is 0 Å². The molecule has 2 aromatic carbocycles. The molecule has 0 bridgehead atoms. The summed E-state index contributed by atoms with van der Waals surface area (Å²) in [5.41, 5.74) is 2.12. The lowest BCUT2D eigenvalue weighted by atomic mass is 10.1. The molecule has 0 aliphatic rings. The van der Waals surface area contributed by atoms with Crippen molar-refractivity contribution in [3.05, 3.63) is 92.5 Å². The molecule has 0 aliphatic heterocycles. The van der Waals surface area contributed by atoms with E-state index in [4.69, 9.17) is 23.2 Å². The Morgan fingerprint density at radius 3 is 2.44 bits per heavy atom. The summed E-state index contributed by atoms with van der Waals surface area (Å²) in [6.45, 7) is 1.83. The number of nitrogens with one attached hydrogen (secondary N) is 1. The first kappa shape index (κ1) is 19.0. The fourth-order valence-corrected chi connectivity index (χ4v) is 2.98. The maximum atomic E-state index is 12.8. The SMILES string of the molecule is Cc1c(NC=CC(=O)c2ccc(Cl)c(Cl)c2)c(=O)n(-c2ccccc2)n1C. The van der Waals surface area contributed by atoms with E-state index in [1.54, 1.807) is 28.5 Å². The van der Waals surface area contributed by atoms with Gasteiger partial charge in [0.05, 0.1) is 21.4 Å². The van der Waals surface area contributed by atoms with Crippen LogP contribution >= 0.6 is 23.2 Å². The van der Waals surface area contributed by atoms with Gasteiger partial charge < -0.3 is 5.32 Å². The molecule has 0 radical (unpaired) electrons. The third-order valence-electron chi connectivity index (χ3n) is 4.22. The van der Waals surface area contributed by atoms with E-state index in [9.17, 15) is 9.59 Å². The Labute approximate surface area is 166 Å². The molecule has 0 saturated heterocycles. The second kappa shape index (κ2) is 7.86. The average molecular weight is 402 g/mol. The van der Waals surface area contributed by atoms with E-state index in [2.05, 4.69) is 5.32 Å². The average Bonchev–Trinajstić information content (AvgIpc) is 2.87. The van der Waals surface area contributed by atoms with Crippen LogP contribution in [0.2, 0.25) is 10.0 Å². The highest BCUT2D eigenvalue weighted by Gasteiger charge is 2.15. The van der Waals surface area contributed by atoms with E-state index in [1.165, 1.54) is 18.3 Å². The molecule has 1 heterocycles. The number of halogens is 2. The van der Waals surface area contributed by atoms with Gasteiger partial charge in [-0.2, -0.15) is 0 Å². The Kier molecular flexibility index (Phi) is 5.54. The smallest absolute Gasteiger partial charge is 0.295 e. The van der Waals surface area contributed by atoms with Crippen molar-refractivity contribution < 1.29 is 4.79 Å². The normalized spacial score (nSPS) is 11.1. The van der Waals surface area contributed by atoms with E-state index in [-0.39, 0.29) is 11.3 Å². The number of allylic oxidation sites excluding steroid dienone is 1. The molecule has 0 fully saturated rings. The number of hydrogen-bond donors (Lipinski definition) is 1. The van der Waals surface area contributed by atoms with Crippen LogP contribution in [0.25, 0.3) is 5.69 Å². The highest BCUT2D eigenvalue weighted by Crippen LogP contribution is 2.23. The standard InChI is InChI=1S/C20H17Cl2N3O2/c1-13-19(20(27)25(24(13)2)15-6-4-3-5-7-15)23-11-10-18(26)14-8-9-16(21)17(22)12-14/h3-12,23H,1-2H3. The zero-order valence-corrected chi connectivity index (χ0v) is 16.3. The van der Waals surface area contributed by atoms with Crippen LogP contribution in [0.5, 0.6) is 0 Å². The maximum absolute atomic E-state index is 12.8. The quantitative estimate of drug-likeness (QED) is 0.501. The summed E-state index contributed by atoms with van der Waals surface area (Å²) in [4.78, 5) is 25.0. The van der Waals surface area contributed by atoms with Crippen LogP contribution in [-0.2, 0) is 7.05 Å².